The lowest BCUT2D eigenvalue weighted by molar-refractivity contribution is 0.263. The van der Waals surface area contributed by atoms with Gasteiger partial charge in [0.1, 0.15) is 0 Å². The Hall–Kier alpha value is -0.470. The predicted molar refractivity (Wildman–Crippen MR) is 88.4 cm³/mol. The van der Waals surface area contributed by atoms with E-state index in [0.29, 0.717) is 0 Å². The topological polar surface area (TPSA) is 12.0 Å². The zero-order valence-corrected chi connectivity index (χ0v) is 13.4. The zero-order valence-electron chi connectivity index (χ0n) is 12.6. The van der Waals surface area contributed by atoms with Crippen LogP contribution in [0.3, 0.4) is 0 Å². The molecule has 1 unspecified atom stereocenters. The summed E-state index contributed by atoms with van der Waals surface area (Å²) in [5, 5.41) is 4.49. The van der Waals surface area contributed by atoms with Gasteiger partial charge in [0.15, 0.2) is 0 Å². The summed E-state index contributed by atoms with van der Waals surface area (Å²) in [6.07, 6.45) is 8.46. The highest BCUT2D eigenvalue weighted by Gasteiger charge is 2.23. The van der Waals surface area contributed by atoms with Crippen LogP contribution >= 0.6 is 11.8 Å². The molecule has 3 rings (SSSR count). The van der Waals surface area contributed by atoms with Crippen molar-refractivity contribution in [2.45, 2.75) is 55.6 Å². The second-order valence-electron chi connectivity index (χ2n) is 6.50. The highest BCUT2D eigenvalue weighted by molar-refractivity contribution is 8.00. The summed E-state index contributed by atoms with van der Waals surface area (Å²) in [5.74, 6) is 1.96. The fourth-order valence-electron chi connectivity index (χ4n) is 3.66. The average molecular weight is 289 g/mol. The van der Waals surface area contributed by atoms with Crippen LogP contribution in [0.15, 0.2) is 29.2 Å². The van der Waals surface area contributed by atoms with Crippen molar-refractivity contribution >= 4 is 11.8 Å². The van der Waals surface area contributed by atoms with Gasteiger partial charge in [0.2, 0.25) is 0 Å². The molecular formula is C18H27NS. The van der Waals surface area contributed by atoms with Crippen LogP contribution in [0.1, 0.15) is 44.6 Å². The molecular weight excluding hydrogens is 262 g/mol. The van der Waals surface area contributed by atoms with E-state index in [1.807, 2.05) is 0 Å². The molecule has 2 aliphatic rings. The highest BCUT2D eigenvalue weighted by atomic mass is 32.2. The van der Waals surface area contributed by atoms with E-state index in [1.165, 1.54) is 56.5 Å². The van der Waals surface area contributed by atoms with E-state index >= 15 is 0 Å². The van der Waals surface area contributed by atoms with E-state index in [4.69, 9.17) is 0 Å². The van der Waals surface area contributed by atoms with Gasteiger partial charge in [0, 0.05) is 16.7 Å². The number of thioether (sulfide) groups is 1. The number of hydrogen-bond acceptors (Lipinski definition) is 2. The monoisotopic (exact) mass is 289 g/mol. The first kappa shape index (κ1) is 14.5. The third-order valence-electron chi connectivity index (χ3n) is 5.06. The first-order valence-electron chi connectivity index (χ1n) is 8.30. The van der Waals surface area contributed by atoms with Gasteiger partial charge in [0.05, 0.1) is 0 Å². The maximum atomic E-state index is 3.74. The van der Waals surface area contributed by atoms with E-state index in [2.05, 4.69) is 48.3 Å². The SMILES string of the molecule is CCC1CCC(CNCC2Cc3ccccc3S2)CC1. The number of fused-ring (bicyclic) bond motifs is 1. The van der Waals surface area contributed by atoms with Crippen LogP contribution < -0.4 is 5.32 Å². The fraction of sp³-hybridized carbons (Fsp3) is 0.667. The Morgan fingerprint density at radius 2 is 1.80 bits per heavy atom. The molecule has 1 aromatic carbocycles. The maximum absolute atomic E-state index is 3.74. The molecule has 0 aromatic heterocycles. The van der Waals surface area contributed by atoms with Gasteiger partial charge in [-0.1, -0.05) is 44.4 Å². The van der Waals surface area contributed by atoms with Crippen molar-refractivity contribution in [3.63, 3.8) is 0 Å². The second-order valence-corrected chi connectivity index (χ2v) is 7.85. The van der Waals surface area contributed by atoms with Gasteiger partial charge < -0.3 is 5.32 Å². The molecule has 1 atom stereocenters. The van der Waals surface area contributed by atoms with Gasteiger partial charge in [-0.25, -0.2) is 0 Å². The van der Waals surface area contributed by atoms with Gasteiger partial charge in [0.25, 0.3) is 0 Å². The van der Waals surface area contributed by atoms with Crippen molar-refractivity contribution in [3.05, 3.63) is 29.8 Å². The van der Waals surface area contributed by atoms with Crippen molar-refractivity contribution in [1.29, 1.82) is 0 Å². The Kier molecular flexibility index (Phi) is 5.06. The first-order chi connectivity index (χ1) is 9.85. The van der Waals surface area contributed by atoms with E-state index in [0.717, 1.165) is 17.1 Å². The molecule has 1 aromatic rings. The molecule has 0 bridgehead atoms. The van der Waals surface area contributed by atoms with E-state index in [1.54, 1.807) is 5.56 Å². The molecule has 1 saturated carbocycles. The number of nitrogens with one attached hydrogen (secondary N) is 1. The molecule has 2 heteroatoms. The van der Waals surface area contributed by atoms with Gasteiger partial charge in [-0.2, -0.15) is 0 Å². The molecule has 20 heavy (non-hydrogen) atoms. The molecule has 1 aliphatic heterocycles. The van der Waals surface area contributed by atoms with Crippen molar-refractivity contribution in [2.24, 2.45) is 11.8 Å². The van der Waals surface area contributed by atoms with Crippen molar-refractivity contribution < 1.29 is 0 Å². The normalized spacial score (nSPS) is 29.4. The van der Waals surface area contributed by atoms with Crippen LogP contribution in [-0.4, -0.2) is 18.3 Å². The minimum atomic E-state index is 0.749. The molecule has 0 spiro atoms. The summed E-state index contributed by atoms with van der Waals surface area (Å²) in [5.41, 5.74) is 1.55. The lowest BCUT2D eigenvalue weighted by atomic mass is 9.81. The van der Waals surface area contributed by atoms with Crippen LogP contribution in [0.4, 0.5) is 0 Å². The lowest BCUT2D eigenvalue weighted by Gasteiger charge is -2.28. The summed E-state index contributed by atoms with van der Waals surface area (Å²) in [6.45, 7) is 4.76. The highest BCUT2D eigenvalue weighted by Crippen LogP contribution is 2.36. The van der Waals surface area contributed by atoms with Crippen molar-refractivity contribution in [3.8, 4) is 0 Å². The predicted octanol–water partition coefficient (Wildman–Crippen LogP) is 4.51. The fourth-order valence-corrected chi connectivity index (χ4v) is 4.94. The Labute approximate surface area is 127 Å². The summed E-state index contributed by atoms with van der Waals surface area (Å²) < 4.78 is 0. The summed E-state index contributed by atoms with van der Waals surface area (Å²) in [7, 11) is 0. The maximum Gasteiger partial charge on any atom is 0.0260 e. The number of rotatable bonds is 5. The van der Waals surface area contributed by atoms with E-state index in [9.17, 15) is 0 Å². The van der Waals surface area contributed by atoms with Crippen molar-refractivity contribution in [1.82, 2.24) is 5.32 Å². The van der Waals surface area contributed by atoms with Crippen LogP contribution in [0.2, 0.25) is 0 Å². The molecule has 1 aliphatic carbocycles. The average Bonchev–Trinajstić information content (AvgIpc) is 2.90. The Balaban J connectivity index is 1.36. The Morgan fingerprint density at radius 3 is 2.55 bits per heavy atom. The molecule has 0 saturated heterocycles. The van der Waals surface area contributed by atoms with Crippen LogP contribution in [0.25, 0.3) is 0 Å². The standard InChI is InChI=1S/C18H27NS/c1-2-14-7-9-15(10-8-14)12-19-13-17-11-16-5-3-4-6-18(16)20-17/h3-6,14-15,17,19H,2,7-13H2,1H3. The minimum Gasteiger partial charge on any atom is -0.315 e. The molecule has 1 heterocycles. The zero-order chi connectivity index (χ0) is 13.8. The van der Waals surface area contributed by atoms with Gasteiger partial charge in [-0.15, -0.1) is 11.8 Å². The lowest BCUT2D eigenvalue weighted by Crippen LogP contribution is -2.31. The molecule has 0 amide bonds. The van der Waals surface area contributed by atoms with Gasteiger partial charge in [-0.05, 0) is 49.3 Å². The quantitative estimate of drug-likeness (QED) is 0.856. The third kappa shape index (κ3) is 3.59. The summed E-state index contributed by atoms with van der Waals surface area (Å²) in [6, 6.07) is 8.88. The number of benzene rings is 1. The Bertz CT molecular complexity index is 398. The molecule has 110 valence electrons. The minimum absolute atomic E-state index is 0.749. The van der Waals surface area contributed by atoms with E-state index in [-0.39, 0.29) is 0 Å². The second kappa shape index (κ2) is 7.00. The summed E-state index contributed by atoms with van der Waals surface area (Å²) >= 11 is 2.06. The van der Waals surface area contributed by atoms with Crippen LogP contribution in [0.5, 0.6) is 0 Å². The summed E-state index contributed by atoms with van der Waals surface area (Å²) in [4.78, 5) is 1.50. The van der Waals surface area contributed by atoms with Gasteiger partial charge >= 0.3 is 0 Å². The third-order valence-corrected chi connectivity index (χ3v) is 6.38. The molecule has 1 N–H and O–H groups in total. The van der Waals surface area contributed by atoms with Crippen LogP contribution in [0, 0.1) is 11.8 Å². The van der Waals surface area contributed by atoms with Crippen LogP contribution in [-0.2, 0) is 6.42 Å². The number of hydrogen-bond donors (Lipinski definition) is 1. The first-order valence-corrected chi connectivity index (χ1v) is 9.18. The molecule has 0 radical (unpaired) electrons. The van der Waals surface area contributed by atoms with Gasteiger partial charge in [-0.3, -0.25) is 0 Å². The largest absolute Gasteiger partial charge is 0.315 e. The molecule has 1 nitrogen and oxygen atoms in total. The smallest absolute Gasteiger partial charge is 0.0260 e. The van der Waals surface area contributed by atoms with Crippen molar-refractivity contribution in [2.75, 3.05) is 13.1 Å². The molecule has 1 fully saturated rings. The van der Waals surface area contributed by atoms with E-state index < -0.39 is 0 Å². The Morgan fingerprint density at radius 1 is 1.05 bits per heavy atom.